The lowest BCUT2D eigenvalue weighted by molar-refractivity contribution is 0.229. The number of rotatable bonds is 6. The third-order valence-electron chi connectivity index (χ3n) is 4.60. The lowest BCUT2D eigenvalue weighted by atomic mass is 9.77. The van der Waals surface area contributed by atoms with Crippen molar-refractivity contribution in [1.82, 2.24) is 10.1 Å². The van der Waals surface area contributed by atoms with Gasteiger partial charge in [-0.2, -0.15) is 4.98 Å². The van der Waals surface area contributed by atoms with Crippen molar-refractivity contribution in [3.63, 3.8) is 0 Å². The van der Waals surface area contributed by atoms with Crippen LogP contribution in [0.15, 0.2) is 53.1 Å². The predicted molar refractivity (Wildman–Crippen MR) is 104 cm³/mol. The van der Waals surface area contributed by atoms with E-state index in [2.05, 4.69) is 10.1 Å². The molecule has 27 heavy (non-hydrogen) atoms. The van der Waals surface area contributed by atoms with E-state index in [1.54, 1.807) is 0 Å². The molecule has 1 aromatic heterocycles. The maximum Gasteiger partial charge on any atom is 0.261 e. The van der Waals surface area contributed by atoms with Crippen molar-refractivity contribution in [2.75, 3.05) is 6.61 Å². The third kappa shape index (κ3) is 3.77. The fourth-order valence-corrected chi connectivity index (χ4v) is 2.98. The van der Waals surface area contributed by atoms with Crippen molar-refractivity contribution in [3.05, 3.63) is 54.4 Å². The van der Waals surface area contributed by atoms with Gasteiger partial charge in [-0.25, -0.2) is 0 Å². The first kappa shape index (κ1) is 19.2. The first-order valence-electron chi connectivity index (χ1n) is 8.82. The van der Waals surface area contributed by atoms with Gasteiger partial charge in [0.2, 0.25) is 0 Å². The Bertz CT molecular complexity index is 909. The van der Waals surface area contributed by atoms with Crippen LogP contribution in [-0.4, -0.2) is 16.7 Å². The summed E-state index contributed by atoms with van der Waals surface area (Å²) in [5, 5.41) is 4.09. The molecule has 1 heterocycles. The van der Waals surface area contributed by atoms with E-state index in [0.717, 1.165) is 24.8 Å². The molecule has 1 saturated carbocycles. The second kappa shape index (κ2) is 7.98. The zero-order chi connectivity index (χ0) is 18.0. The van der Waals surface area contributed by atoms with E-state index < -0.39 is 5.54 Å². The highest BCUT2D eigenvalue weighted by Gasteiger charge is 2.39. The Kier molecular flexibility index (Phi) is 5.68. The van der Waals surface area contributed by atoms with Crippen molar-refractivity contribution in [2.45, 2.75) is 31.7 Å². The molecule has 4 rings (SSSR count). The van der Waals surface area contributed by atoms with Gasteiger partial charge < -0.3 is 19.7 Å². The molecule has 0 spiro atoms. The summed E-state index contributed by atoms with van der Waals surface area (Å²) in [6, 6.07) is 15.1. The van der Waals surface area contributed by atoms with Gasteiger partial charge in [-0.15, -0.1) is 12.4 Å². The second-order valence-electron chi connectivity index (χ2n) is 6.41. The molecule has 1 aliphatic carbocycles. The number of nitrogens with two attached hydrogens (primary N) is 1. The molecular formula is C20H22ClN3O3. The molecule has 0 unspecified atom stereocenters. The summed E-state index contributed by atoms with van der Waals surface area (Å²) in [4.78, 5) is 4.52. The fourth-order valence-electron chi connectivity index (χ4n) is 2.98. The predicted octanol–water partition coefficient (Wildman–Crippen LogP) is 4.69. The van der Waals surface area contributed by atoms with Gasteiger partial charge in [0.1, 0.15) is 5.75 Å². The maximum absolute atomic E-state index is 6.30. The number of para-hydroxylation sites is 3. The summed E-state index contributed by atoms with van der Waals surface area (Å²) in [7, 11) is 0. The first-order chi connectivity index (χ1) is 12.7. The number of aromatic nitrogens is 2. The molecule has 0 aliphatic heterocycles. The van der Waals surface area contributed by atoms with Gasteiger partial charge in [-0.05, 0) is 50.5 Å². The van der Waals surface area contributed by atoms with Crippen LogP contribution in [0, 0.1) is 0 Å². The van der Waals surface area contributed by atoms with Gasteiger partial charge >= 0.3 is 0 Å². The quantitative estimate of drug-likeness (QED) is 0.660. The van der Waals surface area contributed by atoms with Crippen LogP contribution in [0.25, 0.3) is 11.5 Å². The number of benzene rings is 2. The molecule has 142 valence electrons. The van der Waals surface area contributed by atoms with Crippen LogP contribution in [-0.2, 0) is 5.54 Å². The molecule has 0 bridgehead atoms. The highest BCUT2D eigenvalue weighted by atomic mass is 35.5. The second-order valence-corrected chi connectivity index (χ2v) is 6.41. The minimum atomic E-state index is -0.459. The van der Waals surface area contributed by atoms with Crippen molar-refractivity contribution in [3.8, 4) is 28.7 Å². The van der Waals surface area contributed by atoms with Crippen molar-refractivity contribution in [2.24, 2.45) is 5.73 Å². The van der Waals surface area contributed by atoms with Crippen LogP contribution in [0.4, 0.5) is 0 Å². The van der Waals surface area contributed by atoms with Crippen molar-refractivity contribution in [1.29, 1.82) is 0 Å². The molecule has 6 nitrogen and oxygen atoms in total. The molecule has 0 saturated heterocycles. The molecule has 7 heteroatoms. The summed E-state index contributed by atoms with van der Waals surface area (Å²) in [6.07, 6.45) is 2.85. The van der Waals surface area contributed by atoms with E-state index in [1.165, 1.54) is 0 Å². The Labute approximate surface area is 164 Å². The normalized spacial score (nSPS) is 14.7. The van der Waals surface area contributed by atoms with Gasteiger partial charge in [0.05, 0.1) is 17.7 Å². The number of hydrogen-bond donors (Lipinski definition) is 1. The van der Waals surface area contributed by atoms with Crippen LogP contribution in [0.5, 0.6) is 17.2 Å². The molecule has 0 atom stereocenters. The smallest absolute Gasteiger partial charge is 0.261 e. The molecule has 2 N–H and O–H groups in total. The van der Waals surface area contributed by atoms with Crippen molar-refractivity contribution >= 4 is 12.4 Å². The van der Waals surface area contributed by atoms with E-state index in [1.807, 2.05) is 55.5 Å². The molecule has 1 aliphatic rings. The van der Waals surface area contributed by atoms with Gasteiger partial charge in [-0.3, -0.25) is 0 Å². The van der Waals surface area contributed by atoms with Gasteiger partial charge in [0.25, 0.3) is 5.89 Å². The lowest BCUT2D eigenvalue weighted by Crippen LogP contribution is -2.44. The van der Waals surface area contributed by atoms with Gasteiger partial charge in [-0.1, -0.05) is 29.4 Å². The van der Waals surface area contributed by atoms with Gasteiger partial charge in [0.15, 0.2) is 17.3 Å². The number of ether oxygens (including phenoxy) is 2. The first-order valence-corrected chi connectivity index (χ1v) is 8.82. The van der Waals surface area contributed by atoms with Crippen LogP contribution < -0.4 is 15.2 Å². The highest BCUT2D eigenvalue weighted by Crippen LogP contribution is 2.40. The summed E-state index contributed by atoms with van der Waals surface area (Å²) < 4.78 is 17.2. The summed E-state index contributed by atoms with van der Waals surface area (Å²) in [6.45, 7) is 2.50. The SMILES string of the molecule is CCOc1ccccc1Oc1ccccc1-c1nc(C2(N)CCC2)no1.Cl. The van der Waals surface area contributed by atoms with Crippen molar-refractivity contribution < 1.29 is 14.0 Å². The van der Waals surface area contributed by atoms with E-state index in [0.29, 0.717) is 35.6 Å². The topological polar surface area (TPSA) is 83.4 Å². The minimum absolute atomic E-state index is 0. The average Bonchev–Trinajstić information content (AvgIpc) is 3.12. The fraction of sp³-hybridized carbons (Fsp3) is 0.300. The lowest BCUT2D eigenvalue weighted by Gasteiger charge is -2.34. The number of nitrogens with zero attached hydrogens (tertiary/aromatic N) is 2. The van der Waals surface area contributed by atoms with Crippen LogP contribution >= 0.6 is 12.4 Å². The van der Waals surface area contributed by atoms with E-state index in [4.69, 9.17) is 19.7 Å². The molecule has 3 aromatic rings. The third-order valence-corrected chi connectivity index (χ3v) is 4.60. The molecular weight excluding hydrogens is 366 g/mol. The van der Waals surface area contributed by atoms with Crippen LogP contribution in [0.1, 0.15) is 32.0 Å². The largest absolute Gasteiger partial charge is 0.490 e. The van der Waals surface area contributed by atoms with Crippen LogP contribution in [0.3, 0.4) is 0 Å². The Morgan fingerprint density at radius 2 is 1.70 bits per heavy atom. The number of hydrogen-bond acceptors (Lipinski definition) is 6. The Morgan fingerprint density at radius 3 is 2.37 bits per heavy atom. The monoisotopic (exact) mass is 387 g/mol. The maximum atomic E-state index is 6.30. The Hall–Kier alpha value is -2.57. The number of halogens is 1. The molecule has 2 aromatic carbocycles. The Morgan fingerprint density at radius 1 is 1.04 bits per heavy atom. The summed E-state index contributed by atoms with van der Waals surface area (Å²) in [5.41, 5.74) is 6.56. The summed E-state index contributed by atoms with van der Waals surface area (Å²) in [5.74, 6) is 2.90. The van der Waals surface area contributed by atoms with Gasteiger partial charge in [0, 0.05) is 0 Å². The molecule has 0 amide bonds. The average molecular weight is 388 g/mol. The summed E-state index contributed by atoms with van der Waals surface area (Å²) >= 11 is 0. The highest BCUT2D eigenvalue weighted by molar-refractivity contribution is 5.85. The minimum Gasteiger partial charge on any atom is -0.490 e. The van der Waals surface area contributed by atoms with E-state index in [9.17, 15) is 0 Å². The van der Waals surface area contributed by atoms with E-state index >= 15 is 0 Å². The van der Waals surface area contributed by atoms with E-state index in [-0.39, 0.29) is 12.4 Å². The molecule has 0 radical (unpaired) electrons. The Balaban J connectivity index is 0.00000210. The molecule has 1 fully saturated rings. The zero-order valence-electron chi connectivity index (χ0n) is 15.1. The van der Waals surface area contributed by atoms with Crippen LogP contribution in [0.2, 0.25) is 0 Å². The standard InChI is InChI=1S/C20H21N3O3.ClH/c1-2-24-16-10-5-6-11-17(16)25-15-9-4-3-8-14(15)18-22-19(23-26-18)20(21)12-7-13-20;/h3-6,8-11H,2,7,12-13,21H2,1H3;1H. The zero-order valence-corrected chi connectivity index (χ0v) is 15.9.